The van der Waals surface area contributed by atoms with E-state index >= 15 is 0 Å². The molecule has 686 valence electrons. The van der Waals surface area contributed by atoms with E-state index in [0.29, 0.717) is 0 Å². The van der Waals surface area contributed by atoms with Crippen LogP contribution in [-0.4, -0.2) is 4.70 Å². The molecule has 0 aromatic heterocycles. The SMILES string of the molecule is CCCCCCCCC1=C(c2cc(CCCCCC)c(CCCCCCCC)c(CCCCCC)c2)[N+](=[N-])C(c2cc(CCCCCC)c(CCCCCCCC)c(CCCCCC)c2)=C1CCCC.CCCCCCCCCCCCCCCCCCCCCC[CH2][Ni][CH2]CCCCCCCCCCCCCCCCCCCCCC. The summed E-state index contributed by atoms with van der Waals surface area (Å²) in [4.78, 5) is 0. The van der Waals surface area contributed by atoms with Gasteiger partial charge >= 0.3 is 166 Å². The Bertz CT molecular complexity index is 2420. The molecule has 2 aromatic carbocycles. The van der Waals surface area contributed by atoms with E-state index in [2.05, 4.69) is 108 Å². The van der Waals surface area contributed by atoms with Gasteiger partial charge in [-0.2, -0.15) is 0 Å². The first-order valence-electron chi connectivity index (χ1n) is 54.6. The third-order valence-corrected chi connectivity index (χ3v) is 28.1. The van der Waals surface area contributed by atoms with Gasteiger partial charge in [0.25, 0.3) is 0 Å². The molecule has 2 aromatic rings. The summed E-state index contributed by atoms with van der Waals surface area (Å²) >= 11 is 2.05. The number of allylic oxidation sites excluding steroid dienone is 2. The molecule has 3 heteroatoms. The Kier molecular flexibility index (Phi) is 81.8. The molecule has 0 bridgehead atoms. The fraction of sp³-hybridized carbons (Fsp3) is 0.860. The van der Waals surface area contributed by atoms with Crippen molar-refractivity contribution in [1.29, 1.82) is 0 Å². The first-order valence-corrected chi connectivity index (χ1v) is 56.0. The Morgan fingerprint density at radius 1 is 0.179 bits per heavy atom. The smallest absolute Gasteiger partial charge is 0.0654 e. The van der Waals surface area contributed by atoms with Crippen molar-refractivity contribution >= 4 is 11.4 Å². The summed E-state index contributed by atoms with van der Waals surface area (Å²) in [6, 6.07) is 10.5. The van der Waals surface area contributed by atoms with Crippen LogP contribution in [0.5, 0.6) is 0 Å². The van der Waals surface area contributed by atoms with Crippen molar-refractivity contribution in [1.82, 2.24) is 0 Å². The summed E-state index contributed by atoms with van der Waals surface area (Å²) in [5, 5.41) is 2.87. The third-order valence-electron chi connectivity index (χ3n) is 26.8. The molecule has 0 saturated carbocycles. The summed E-state index contributed by atoms with van der Waals surface area (Å²) in [5.41, 5.74) is 30.9. The average molecular weight is 1670 g/mol. The Morgan fingerprint density at radius 2 is 0.333 bits per heavy atom. The molecule has 2 nitrogen and oxygen atoms in total. The van der Waals surface area contributed by atoms with Crippen molar-refractivity contribution in [3.05, 3.63) is 85.5 Å². The summed E-state index contributed by atoms with van der Waals surface area (Å²) in [6.45, 7) is 23.4. The Labute approximate surface area is 743 Å². The van der Waals surface area contributed by atoms with Gasteiger partial charge in [-0.25, -0.2) is 4.70 Å². The molecule has 0 spiro atoms. The maximum atomic E-state index is 13.4. The minimum atomic E-state index is 1.04. The second-order valence-electron chi connectivity index (χ2n) is 38.0. The summed E-state index contributed by atoms with van der Waals surface area (Å²) in [6.07, 6.45) is 118. The molecule has 0 N–H and O–H groups in total. The van der Waals surface area contributed by atoms with Gasteiger partial charge in [0.15, 0.2) is 0 Å². The van der Waals surface area contributed by atoms with Gasteiger partial charge in [-0.1, -0.05) is 377 Å². The normalized spacial score (nSPS) is 12.5. The van der Waals surface area contributed by atoms with E-state index in [0.717, 1.165) is 56.3 Å². The van der Waals surface area contributed by atoms with Gasteiger partial charge in [0.2, 0.25) is 11.4 Å². The van der Waals surface area contributed by atoms with Crippen LogP contribution in [0.4, 0.5) is 0 Å². The van der Waals surface area contributed by atoms with Gasteiger partial charge in [0.1, 0.15) is 0 Å². The zero-order valence-corrected chi connectivity index (χ0v) is 82.7. The van der Waals surface area contributed by atoms with E-state index in [1.165, 1.54) is 540 Å². The van der Waals surface area contributed by atoms with Crippen molar-refractivity contribution < 1.29 is 19.1 Å². The van der Waals surface area contributed by atoms with Crippen molar-refractivity contribution in [2.24, 2.45) is 0 Å². The van der Waals surface area contributed by atoms with Crippen LogP contribution in [0.2, 0.25) is 10.8 Å². The van der Waals surface area contributed by atoms with Crippen LogP contribution in [0.1, 0.15) is 627 Å². The van der Waals surface area contributed by atoms with Crippen molar-refractivity contribution in [3.8, 4) is 0 Å². The quantitative estimate of drug-likeness (QED) is 0.0358. The van der Waals surface area contributed by atoms with Gasteiger partial charge in [-0.15, -0.1) is 0 Å². The topological polar surface area (TPSA) is 25.3 Å². The molecule has 3 rings (SSSR count). The number of rotatable bonds is 90. The molecular weight excluding hydrogens is 1460 g/mol. The van der Waals surface area contributed by atoms with E-state index in [1.54, 1.807) is 38.1 Å². The van der Waals surface area contributed by atoms with E-state index in [9.17, 15) is 5.53 Å². The Balaban J connectivity index is 0.000000861. The molecule has 0 saturated heterocycles. The van der Waals surface area contributed by atoms with Crippen LogP contribution >= 0.6 is 0 Å². The zero-order valence-electron chi connectivity index (χ0n) is 81.7. The predicted molar refractivity (Wildman–Crippen MR) is 528 cm³/mol. The third kappa shape index (κ3) is 60.3. The van der Waals surface area contributed by atoms with Crippen molar-refractivity contribution in [2.45, 2.75) is 632 Å². The van der Waals surface area contributed by atoms with Gasteiger partial charge < -0.3 is 5.53 Å². The van der Waals surface area contributed by atoms with Crippen LogP contribution in [0.3, 0.4) is 0 Å². The molecule has 0 aliphatic carbocycles. The molecule has 1 aliphatic rings. The van der Waals surface area contributed by atoms with Crippen LogP contribution in [0, 0.1) is 0 Å². The fourth-order valence-electron chi connectivity index (χ4n) is 19.0. The van der Waals surface area contributed by atoms with Gasteiger partial charge in [-0.05, 0) is 160 Å². The summed E-state index contributed by atoms with van der Waals surface area (Å²) < 4.78 is 1.80. The predicted octanol–water partition coefficient (Wildman–Crippen LogP) is 41.4. The number of benzene rings is 2. The minimum Gasteiger partial charge on any atom is -0.0654 e. The monoisotopic (exact) mass is 1670 g/mol. The second-order valence-corrected chi connectivity index (χ2v) is 39.5. The molecule has 0 amide bonds. The molecule has 0 fully saturated rings. The average Bonchev–Trinajstić information content (AvgIpc) is 1.61. The number of hydrogen-bond donors (Lipinski definition) is 0. The number of unbranched alkanes of at least 4 members (excludes halogenated alkanes) is 68. The van der Waals surface area contributed by atoms with Gasteiger partial charge in [-0.3, -0.25) is 0 Å². The Hall–Kier alpha value is -1.99. The number of nitrogens with zero attached hydrogens (tertiary/aromatic N) is 2. The van der Waals surface area contributed by atoms with E-state index < -0.39 is 0 Å². The van der Waals surface area contributed by atoms with Crippen LogP contribution in [0.15, 0.2) is 35.4 Å². The molecule has 0 atom stereocenters. The first-order chi connectivity index (χ1) is 57.8. The zero-order chi connectivity index (χ0) is 84.3. The maximum absolute atomic E-state index is 13.4. The van der Waals surface area contributed by atoms with Gasteiger partial charge in [0, 0.05) is 22.3 Å². The molecule has 1 heterocycles. The summed E-state index contributed by atoms with van der Waals surface area (Å²) in [7, 11) is 0. The van der Waals surface area contributed by atoms with Crippen LogP contribution in [-0.2, 0) is 53.0 Å². The number of hydrogen-bond acceptors (Lipinski definition) is 0. The number of aryl methyl sites for hydroxylation is 4. The summed E-state index contributed by atoms with van der Waals surface area (Å²) in [5.74, 6) is 0. The van der Waals surface area contributed by atoms with Crippen LogP contribution in [0.25, 0.3) is 16.9 Å². The fourth-order valence-corrected chi connectivity index (χ4v) is 20.3. The van der Waals surface area contributed by atoms with E-state index in [4.69, 9.17) is 0 Å². The molecule has 117 heavy (non-hydrogen) atoms. The van der Waals surface area contributed by atoms with Crippen molar-refractivity contribution in [3.63, 3.8) is 0 Å². The molecule has 0 radical (unpaired) electrons. The molecule has 1 aliphatic heterocycles. The van der Waals surface area contributed by atoms with Crippen molar-refractivity contribution in [2.75, 3.05) is 0 Å². The van der Waals surface area contributed by atoms with E-state index in [-0.39, 0.29) is 0 Å². The Morgan fingerprint density at radius 3 is 0.538 bits per heavy atom. The molecule has 0 unspecified atom stereocenters. The second kappa shape index (κ2) is 86.1. The van der Waals surface area contributed by atoms with E-state index in [1.807, 2.05) is 0 Å². The van der Waals surface area contributed by atoms with Crippen LogP contribution < -0.4 is 0 Å². The molecular formula is C114H210N2Ni. The van der Waals surface area contributed by atoms with Gasteiger partial charge in [0.05, 0.1) is 0 Å². The minimum absolute atomic E-state index is 1.04. The first kappa shape index (κ1) is 111. The standard InChI is InChI=1S/C68H116N2.2C23H47.Ni/c1-9-17-25-32-35-42-50-63-57(45-38-28-20-12-4)53-61(54-58(63)46-39-29-21-13-5)67-65(49-24-16-8)66(52-44-37-34-27-19-11-3)68(70(67)69)62-55-59(47-40-30-22-14-6)64(51-43-36-33-26-18-10-2)60(56-62)48-41-31-23-15-7;2*1-3-5-7-9-11-13-15-17-19-21-23-22-20-18-16-14-12-10-8-6-4-2;/h53-56H,9-52H2,1-8H3;2*1,3-23H2,2H3;.